The zero-order chi connectivity index (χ0) is 21.7. The number of rotatable bonds is 9. The van der Waals surface area contributed by atoms with E-state index in [0.717, 1.165) is 4.90 Å². The largest absolute Gasteiger partial charge is 0.459 e. The maximum atomic E-state index is 12.8. The summed E-state index contributed by atoms with van der Waals surface area (Å²) in [5, 5.41) is 10.7. The lowest BCUT2D eigenvalue weighted by molar-refractivity contribution is -0.384. The van der Waals surface area contributed by atoms with Crippen LogP contribution in [-0.2, 0) is 20.9 Å². The topological polar surface area (TPSA) is 124 Å². The van der Waals surface area contributed by atoms with E-state index in [9.17, 15) is 29.3 Å². The van der Waals surface area contributed by atoms with Crippen LogP contribution in [0, 0.1) is 10.1 Å². The van der Waals surface area contributed by atoms with Gasteiger partial charge in [0.2, 0.25) is 0 Å². The first-order valence-electron chi connectivity index (χ1n) is 9.24. The Bertz CT molecular complexity index is 966. The summed E-state index contributed by atoms with van der Waals surface area (Å²) < 4.78 is 5.29. The van der Waals surface area contributed by atoms with Crippen molar-refractivity contribution < 1.29 is 28.8 Å². The minimum atomic E-state index is -1.17. The number of nitrogens with zero attached hydrogens (tertiary/aromatic N) is 2. The van der Waals surface area contributed by atoms with Crippen molar-refractivity contribution in [3.8, 4) is 0 Å². The fourth-order valence-corrected chi connectivity index (χ4v) is 3.20. The van der Waals surface area contributed by atoms with Gasteiger partial charge < -0.3 is 9.53 Å². The molecule has 1 aliphatic rings. The number of fused-ring (bicyclic) bond motifs is 1. The number of esters is 1. The predicted octanol–water partition coefficient (Wildman–Crippen LogP) is 2.67. The number of non-ortho nitro benzene ring substituents is 1. The summed E-state index contributed by atoms with van der Waals surface area (Å²) in [5.74, 6) is -1.95. The molecule has 2 aromatic carbocycles. The lowest BCUT2D eigenvalue weighted by Crippen LogP contribution is -2.45. The summed E-state index contributed by atoms with van der Waals surface area (Å²) in [6.45, 7) is -0.176. The molecule has 3 rings (SSSR count). The molecule has 1 atom stereocenters. The highest BCUT2D eigenvalue weighted by Gasteiger charge is 2.43. The highest BCUT2D eigenvalue weighted by atomic mass is 16.6. The lowest BCUT2D eigenvalue weighted by Gasteiger charge is -2.24. The lowest BCUT2D eigenvalue weighted by atomic mass is 10.1. The van der Waals surface area contributed by atoms with E-state index in [-0.39, 0.29) is 36.3 Å². The van der Waals surface area contributed by atoms with Crippen LogP contribution >= 0.6 is 0 Å². The molecule has 30 heavy (non-hydrogen) atoms. The van der Waals surface area contributed by atoms with Crippen LogP contribution in [0.3, 0.4) is 0 Å². The number of aldehydes is 1. The molecule has 0 bridgehead atoms. The Morgan fingerprint density at radius 2 is 1.67 bits per heavy atom. The molecular weight excluding hydrogens is 392 g/mol. The molecule has 0 aromatic heterocycles. The van der Waals surface area contributed by atoms with E-state index in [1.54, 1.807) is 12.1 Å². The third-order valence-corrected chi connectivity index (χ3v) is 4.74. The van der Waals surface area contributed by atoms with Crippen molar-refractivity contribution in [3.05, 3.63) is 75.3 Å². The average Bonchev–Trinajstić information content (AvgIpc) is 3.00. The smallest absolute Gasteiger partial charge is 0.329 e. The van der Waals surface area contributed by atoms with Crippen LogP contribution in [0.4, 0.5) is 5.69 Å². The van der Waals surface area contributed by atoms with Gasteiger partial charge in [-0.1, -0.05) is 12.1 Å². The molecule has 0 unspecified atom stereocenters. The fraction of sp³-hybridized carbons (Fsp3) is 0.238. The third-order valence-electron chi connectivity index (χ3n) is 4.74. The number of imide groups is 1. The standard InChI is InChI=1S/C21H18N2O7/c24-12-4-3-7-18(22-19(25)16-5-1-2-6-17(16)20(22)26)21(27)30-13-14-8-10-15(11-9-14)23(28)29/h1-2,5-6,8-12,18H,3-4,7,13H2/t18-/m0/s1. The molecule has 9 heteroatoms. The molecule has 0 aliphatic carbocycles. The number of hydrogen-bond acceptors (Lipinski definition) is 7. The Morgan fingerprint density at radius 1 is 1.07 bits per heavy atom. The summed E-state index contributed by atoms with van der Waals surface area (Å²) in [6, 6.07) is 10.6. The first-order valence-corrected chi connectivity index (χ1v) is 9.24. The van der Waals surface area contributed by atoms with Crippen LogP contribution in [0.1, 0.15) is 45.5 Å². The maximum Gasteiger partial charge on any atom is 0.329 e. The van der Waals surface area contributed by atoms with Crippen LogP contribution in [0.5, 0.6) is 0 Å². The summed E-state index contributed by atoms with van der Waals surface area (Å²) in [5.41, 5.74) is 0.850. The number of nitro groups is 1. The normalized spacial score (nSPS) is 13.7. The Labute approximate surface area is 171 Å². The van der Waals surface area contributed by atoms with Crippen molar-refractivity contribution in [1.29, 1.82) is 0 Å². The van der Waals surface area contributed by atoms with Gasteiger partial charge in [0.1, 0.15) is 18.9 Å². The molecule has 2 amide bonds. The van der Waals surface area contributed by atoms with E-state index in [1.807, 2.05) is 0 Å². The van der Waals surface area contributed by atoms with E-state index in [2.05, 4.69) is 0 Å². The van der Waals surface area contributed by atoms with E-state index in [1.165, 1.54) is 36.4 Å². The van der Waals surface area contributed by atoms with Gasteiger partial charge in [-0.15, -0.1) is 0 Å². The summed E-state index contributed by atoms with van der Waals surface area (Å²) >= 11 is 0. The number of ether oxygens (including phenoxy) is 1. The van der Waals surface area contributed by atoms with Gasteiger partial charge in [-0.05, 0) is 42.7 Å². The molecular formula is C21H18N2O7. The second-order valence-electron chi connectivity index (χ2n) is 6.67. The minimum Gasteiger partial charge on any atom is -0.459 e. The van der Waals surface area contributed by atoms with Crippen molar-refractivity contribution >= 4 is 29.8 Å². The molecule has 154 valence electrons. The second kappa shape index (κ2) is 9.08. The number of nitro benzene ring substituents is 1. The van der Waals surface area contributed by atoms with Crippen LogP contribution in [0.2, 0.25) is 0 Å². The third kappa shape index (κ3) is 4.24. The molecule has 0 N–H and O–H groups in total. The fourth-order valence-electron chi connectivity index (χ4n) is 3.20. The highest BCUT2D eigenvalue weighted by Crippen LogP contribution is 2.27. The van der Waals surface area contributed by atoms with Gasteiger partial charge in [0.15, 0.2) is 0 Å². The first kappa shape index (κ1) is 20.8. The van der Waals surface area contributed by atoms with Gasteiger partial charge in [0, 0.05) is 18.6 Å². The van der Waals surface area contributed by atoms with Crippen molar-refractivity contribution in [3.63, 3.8) is 0 Å². The zero-order valence-corrected chi connectivity index (χ0v) is 15.9. The molecule has 0 saturated heterocycles. The van der Waals surface area contributed by atoms with E-state index in [0.29, 0.717) is 18.3 Å². The second-order valence-corrected chi connectivity index (χ2v) is 6.67. The van der Waals surface area contributed by atoms with Gasteiger partial charge in [-0.2, -0.15) is 0 Å². The van der Waals surface area contributed by atoms with Crippen LogP contribution in [-0.4, -0.2) is 39.9 Å². The van der Waals surface area contributed by atoms with E-state index >= 15 is 0 Å². The zero-order valence-electron chi connectivity index (χ0n) is 15.9. The Balaban J connectivity index is 1.75. The maximum absolute atomic E-state index is 12.8. The SMILES string of the molecule is O=CCCC[C@@H](C(=O)OCc1ccc([N+](=O)[O-])cc1)N1C(=O)c2ccccc2C1=O. The first-order chi connectivity index (χ1) is 14.4. The number of benzene rings is 2. The quantitative estimate of drug-likeness (QED) is 0.155. The summed E-state index contributed by atoms with van der Waals surface area (Å²) in [6.07, 6.45) is 1.26. The number of hydrogen-bond donors (Lipinski definition) is 0. The average molecular weight is 410 g/mol. The molecule has 1 aliphatic heterocycles. The van der Waals surface area contributed by atoms with Gasteiger partial charge in [-0.3, -0.25) is 24.6 Å². The number of unbranched alkanes of at least 4 members (excludes halogenated alkanes) is 1. The Hall–Kier alpha value is -3.88. The van der Waals surface area contributed by atoms with Crippen LogP contribution < -0.4 is 0 Å². The summed E-state index contributed by atoms with van der Waals surface area (Å²) in [4.78, 5) is 59.9. The minimum absolute atomic E-state index is 0.0866. The van der Waals surface area contributed by atoms with Crippen molar-refractivity contribution in [2.45, 2.75) is 31.9 Å². The van der Waals surface area contributed by atoms with Gasteiger partial charge >= 0.3 is 5.97 Å². The molecule has 9 nitrogen and oxygen atoms in total. The molecule has 0 saturated carbocycles. The predicted molar refractivity (Wildman–Crippen MR) is 104 cm³/mol. The van der Waals surface area contributed by atoms with E-state index in [4.69, 9.17) is 4.74 Å². The van der Waals surface area contributed by atoms with E-state index < -0.39 is 28.7 Å². The monoisotopic (exact) mass is 410 g/mol. The number of carbonyl (C=O) groups is 4. The van der Waals surface area contributed by atoms with Crippen molar-refractivity contribution in [1.82, 2.24) is 4.90 Å². The van der Waals surface area contributed by atoms with Crippen molar-refractivity contribution in [2.75, 3.05) is 0 Å². The van der Waals surface area contributed by atoms with Crippen molar-refractivity contribution in [2.24, 2.45) is 0 Å². The molecule has 1 heterocycles. The highest BCUT2D eigenvalue weighted by molar-refractivity contribution is 6.22. The molecule has 2 aromatic rings. The van der Waals surface area contributed by atoms with Crippen LogP contribution in [0.25, 0.3) is 0 Å². The number of amides is 2. The molecule has 0 spiro atoms. The summed E-state index contributed by atoms with van der Waals surface area (Å²) in [7, 11) is 0. The molecule has 0 fully saturated rings. The van der Waals surface area contributed by atoms with Gasteiger partial charge in [0.25, 0.3) is 17.5 Å². The van der Waals surface area contributed by atoms with Gasteiger partial charge in [0.05, 0.1) is 16.1 Å². The number of carbonyl (C=O) groups excluding carboxylic acids is 4. The Kier molecular flexibility index (Phi) is 6.31. The molecule has 0 radical (unpaired) electrons. The van der Waals surface area contributed by atoms with Gasteiger partial charge in [-0.25, -0.2) is 4.79 Å². The Morgan fingerprint density at radius 3 is 2.20 bits per heavy atom. The van der Waals surface area contributed by atoms with Crippen LogP contribution in [0.15, 0.2) is 48.5 Å².